The van der Waals surface area contributed by atoms with E-state index in [0.29, 0.717) is 11.7 Å². The smallest absolute Gasteiger partial charge is 0.270 e. The summed E-state index contributed by atoms with van der Waals surface area (Å²) in [4.78, 5) is 29.1. The van der Waals surface area contributed by atoms with Crippen molar-refractivity contribution in [1.29, 1.82) is 0 Å². The van der Waals surface area contributed by atoms with Crippen molar-refractivity contribution >= 4 is 28.6 Å². The van der Waals surface area contributed by atoms with Crippen molar-refractivity contribution in [3.05, 3.63) is 53.3 Å². The molecular weight excluding hydrogens is 412 g/mol. The number of carbonyl (C=O) groups excluding carboxylic acids is 1. The molecule has 2 aliphatic rings. The highest BCUT2D eigenvalue weighted by atomic mass is 16.1. The Hall–Kier alpha value is -3.22. The molecule has 0 unspecified atom stereocenters. The van der Waals surface area contributed by atoms with Crippen LogP contribution < -0.4 is 15.5 Å². The van der Waals surface area contributed by atoms with Gasteiger partial charge in [-0.05, 0) is 63.5 Å². The molecule has 2 N–H and O–H groups in total. The minimum Gasteiger partial charge on any atom is -0.362 e. The van der Waals surface area contributed by atoms with Gasteiger partial charge in [0.25, 0.3) is 5.91 Å². The van der Waals surface area contributed by atoms with Crippen LogP contribution in [0.5, 0.6) is 0 Å². The van der Waals surface area contributed by atoms with Gasteiger partial charge in [-0.25, -0.2) is 9.97 Å². The molecule has 7 nitrogen and oxygen atoms in total. The zero-order valence-corrected chi connectivity index (χ0v) is 19.5. The van der Waals surface area contributed by atoms with Crippen molar-refractivity contribution < 1.29 is 4.79 Å². The van der Waals surface area contributed by atoms with Crippen LogP contribution in [0.2, 0.25) is 0 Å². The number of anilines is 2. The average molecular weight is 445 g/mol. The number of pyridine rings is 1. The summed E-state index contributed by atoms with van der Waals surface area (Å²) in [5.41, 5.74) is 3.84. The van der Waals surface area contributed by atoms with Crippen LogP contribution in [0.1, 0.15) is 60.3 Å². The Labute approximate surface area is 195 Å². The van der Waals surface area contributed by atoms with Crippen molar-refractivity contribution in [2.75, 3.05) is 24.3 Å². The van der Waals surface area contributed by atoms with Crippen molar-refractivity contribution in [3.8, 4) is 0 Å². The van der Waals surface area contributed by atoms with Gasteiger partial charge in [0.15, 0.2) is 0 Å². The van der Waals surface area contributed by atoms with Gasteiger partial charge in [0.2, 0.25) is 5.95 Å². The minimum absolute atomic E-state index is 0.0918. The summed E-state index contributed by atoms with van der Waals surface area (Å²) in [5.74, 6) is 1.70. The molecule has 0 bridgehead atoms. The summed E-state index contributed by atoms with van der Waals surface area (Å²) in [6, 6.07) is 12.1. The fourth-order valence-electron chi connectivity index (χ4n) is 5.03. The zero-order valence-electron chi connectivity index (χ0n) is 19.5. The van der Waals surface area contributed by atoms with E-state index in [1.807, 2.05) is 30.3 Å². The molecule has 1 saturated carbocycles. The third-order valence-electron chi connectivity index (χ3n) is 6.81. The van der Waals surface area contributed by atoms with E-state index in [-0.39, 0.29) is 11.9 Å². The highest BCUT2D eigenvalue weighted by Crippen LogP contribution is 2.29. The molecule has 33 heavy (non-hydrogen) atoms. The number of carbonyl (C=O) groups is 1. The van der Waals surface area contributed by atoms with Gasteiger partial charge in [0.1, 0.15) is 11.5 Å². The van der Waals surface area contributed by atoms with E-state index in [2.05, 4.69) is 34.6 Å². The van der Waals surface area contributed by atoms with Gasteiger partial charge in [0, 0.05) is 37.1 Å². The summed E-state index contributed by atoms with van der Waals surface area (Å²) in [6.45, 7) is 0. The lowest BCUT2D eigenvalue weighted by Crippen LogP contribution is -2.40. The van der Waals surface area contributed by atoms with E-state index >= 15 is 0 Å². The molecular formula is C26H32N6O. The highest BCUT2D eigenvalue weighted by Gasteiger charge is 2.25. The molecule has 1 amide bonds. The fraction of sp³-hybridized carbons (Fsp3) is 0.462. The van der Waals surface area contributed by atoms with Crippen molar-refractivity contribution in [3.63, 3.8) is 0 Å². The van der Waals surface area contributed by atoms with Crippen LogP contribution in [0.3, 0.4) is 0 Å². The lowest BCUT2D eigenvalue weighted by molar-refractivity contribution is 0.0922. The molecule has 0 saturated heterocycles. The summed E-state index contributed by atoms with van der Waals surface area (Å²) in [6.07, 6.45) is 8.35. The number of rotatable bonds is 5. The number of amides is 1. The largest absolute Gasteiger partial charge is 0.362 e. The molecule has 0 radical (unpaired) electrons. The quantitative estimate of drug-likeness (QED) is 0.616. The number of nitrogens with one attached hydrogen (secondary N) is 2. The first-order valence-corrected chi connectivity index (χ1v) is 12.1. The van der Waals surface area contributed by atoms with Crippen LogP contribution >= 0.6 is 0 Å². The predicted molar refractivity (Wildman–Crippen MR) is 132 cm³/mol. The SMILES string of the molecule is CN(C)c1nc(N[C@H]2CC[C@@H](NC(=O)c3ccc4ccccc4n3)CC2)nc2c1CCCC2. The Morgan fingerprint density at radius 1 is 0.909 bits per heavy atom. The molecule has 0 aliphatic heterocycles. The van der Waals surface area contributed by atoms with Crippen LogP contribution in [0.15, 0.2) is 36.4 Å². The molecule has 7 heteroatoms. The first kappa shape index (κ1) is 21.6. The molecule has 2 aliphatic carbocycles. The lowest BCUT2D eigenvalue weighted by atomic mass is 9.91. The van der Waals surface area contributed by atoms with Gasteiger partial charge in [0.05, 0.1) is 11.2 Å². The Morgan fingerprint density at radius 2 is 1.67 bits per heavy atom. The number of para-hydroxylation sites is 1. The molecule has 3 aromatic rings. The normalized spacial score (nSPS) is 20.2. The summed E-state index contributed by atoms with van der Waals surface area (Å²) < 4.78 is 0. The van der Waals surface area contributed by atoms with Crippen LogP contribution in [-0.2, 0) is 12.8 Å². The van der Waals surface area contributed by atoms with E-state index in [1.54, 1.807) is 6.07 Å². The Morgan fingerprint density at radius 3 is 2.48 bits per heavy atom. The molecule has 172 valence electrons. The second-order valence-corrected chi connectivity index (χ2v) is 9.45. The minimum atomic E-state index is -0.0918. The van der Waals surface area contributed by atoms with E-state index < -0.39 is 0 Å². The highest BCUT2D eigenvalue weighted by molar-refractivity contribution is 5.95. The Balaban J connectivity index is 1.19. The van der Waals surface area contributed by atoms with Crippen LogP contribution in [0, 0.1) is 0 Å². The predicted octanol–water partition coefficient (Wildman–Crippen LogP) is 4.12. The average Bonchev–Trinajstić information content (AvgIpc) is 2.84. The maximum atomic E-state index is 12.8. The van der Waals surface area contributed by atoms with Crippen molar-refractivity contribution in [2.45, 2.75) is 63.5 Å². The second kappa shape index (κ2) is 9.33. The van der Waals surface area contributed by atoms with E-state index in [1.165, 1.54) is 24.1 Å². The number of aromatic nitrogens is 3. The number of benzene rings is 1. The number of fused-ring (bicyclic) bond motifs is 2. The first-order valence-electron chi connectivity index (χ1n) is 12.1. The number of aryl methyl sites for hydroxylation is 1. The Kier molecular flexibility index (Phi) is 6.11. The maximum Gasteiger partial charge on any atom is 0.270 e. The van der Waals surface area contributed by atoms with Crippen LogP contribution in [-0.4, -0.2) is 47.0 Å². The topological polar surface area (TPSA) is 83.0 Å². The van der Waals surface area contributed by atoms with Gasteiger partial charge in [-0.2, -0.15) is 4.98 Å². The van der Waals surface area contributed by atoms with Gasteiger partial charge in [-0.3, -0.25) is 4.79 Å². The van der Waals surface area contributed by atoms with Crippen molar-refractivity contribution in [2.24, 2.45) is 0 Å². The zero-order chi connectivity index (χ0) is 22.8. The van der Waals surface area contributed by atoms with E-state index in [0.717, 1.165) is 61.2 Å². The van der Waals surface area contributed by atoms with Crippen molar-refractivity contribution in [1.82, 2.24) is 20.3 Å². The molecule has 2 heterocycles. The number of nitrogens with zero attached hydrogens (tertiary/aromatic N) is 4. The third kappa shape index (κ3) is 4.77. The summed E-state index contributed by atoms with van der Waals surface area (Å²) >= 11 is 0. The summed E-state index contributed by atoms with van der Waals surface area (Å²) in [5, 5.41) is 7.80. The summed E-state index contributed by atoms with van der Waals surface area (Å²) in [7, 11) is 4.11. The van der Waals surface area contributed by atoms with Crippen LogP contribution in [0.4, 0.5) is 11.8 Å². The standard InChI is InChI=1S/C26H32N6O/c1-32(2)24-20-8-4-6-10-22(20)30-26(31-24)28-19-14-12-18(13-15-19)27-25(33)23-16-11-17-7-3-5-9-21(17)29-23/h3,5,7,9,11,16,18-19H,4,6,8,10,12-15H2,1-2H3,(H,27,33)(H,28,30,31)/t18-,19+. The van der Waals surface area contributed by atoms with Gasteiger partial charge in [-0.15, -0.1) is 0 Å². The Bertz CT molecular complexity index is 1150. The van der Waals surface area contributed by atoms with Gasteiger partial charge in [-0.1, -0.05) is 24.3 Å². The van der Waals surface area contributed by atoms with E-state index in [9.17, 15) is 4.79 Å². The van der Waals surface area contributed by atoms with Gasteiger partial charge < -0.3 is 15.5 Å². The molecule has 0 atom stereocenters. The molecule has 2 aromatic heterocycles. The molecule has 1 aromatic carbocycles. The first-order chi connectivity index (χ1) is 16.1. The third-order valence-corrected chi connectivity index (χ3v) is 6.81. The number of hydrogen-bond acceptors (Lipinski definition) is 6. The molecule has 5 rings (SSSR count). The van der Waals surface area contributed by atoms with E-state index in [4.69, 9.17) is 9.97 Å². The van der Waals surface area contributed by atoms with Gasteiger partial charge >= 0.3 is 0 Å². The second-order valence-electron chi connectivity index (χ2n) is 9.45. The number of hydrogen-bond donors (Lipinski definition) is 2. The maximum absolute atomic E-state index is 12.8. The monoisotopic (exact) mass is 444 g/mol. The molecule has 0 spiro atoms. The van der Waals surface area contributed by atoms with Crippen LogP contribution in [0.25, 0.3) is 10.9 Å². The molecule has 1 fully saturated rings. The lowest BCUT2D eigenvalue weighted by Gasteiger charge is -2.30. The fourth-order valence-corrected chi connectivity index (χ4v) is 5.03.